The normalized spacial score (nSPS) is 19.3. The summed E-state index contributed by atoms with van der Waals surface area (Å²) in [5.41, 5.74) is 0. The monoisotopic (exact) mass is 228 g/mol. The van der Waals surface area contributed by atoms with Crippen molar-refractivity contribution >= 4 is 32.8 Å². The number of alkyl halides is 1. The van der Waals surface area contributed by atoms with Crippen LogP contribution in [0.2, 0.25) is 0 Å². The smallest absolute Gasteiger partial charge is 0.0194 e. The fourth-order valence-electron chi connectivity index (χ4n) is 0.325. The summed E-state index contributed by atoms with van der Waals surface area (Å²) in [6.45, 7) is 4.58. The van der Waals surface area contributed by atoms with Crippen LogP contribution in [0, 0.1) is 5.92 Å². The third kappa shape index (κ3) is 3.52. The summed E-state index contributed by atoms with van der Waals surface area (Å²) in [6, 6.07) is 0. The molecule has 0 heterocycles. The van der Waals surface area contributed by atoms with Crippen LogP contribution in [0.3, 0.4) is 0 Å². The van der Waals surface area contributed by atoms with Gasteiger partial charge in [-0.05, 0) is 9.47 Å². The zero-order valence-corrected chi connectivity index (χ0v) is 9.40. The van der Waals surface area contributed by atoms with Crippen molar-refractivity contribution in [2.45, 2.75) is 23.8 Å². The summed E-state index contributed by atoms with van der Waals surface area (Å²) in [4.78, 5) is 0. The lowest BCUT2D eigenvalue weighted by Gasteiger charge is -2.08. The minimum Gasteiger partial charge on any atom is -0.0869 e. The number of hydrogen-bond acceptors (Lipinski definition) is 0. The number of hydrogen-bond donors (Lipinski definition) is 0. The first-order valence-corrected chi connectivity index (χ1v) is 5.22. The van der Waals surface area contributed by atoms with Gasteiger partial charge in [0.1, 0.15) is 0 Å². The molecule has 0 radical (unpaired) electrons. The Morgan fingerprint density at radius 1 is 1.71 bits per heavy atom. The van der Waals surface area contributed by atoms with Gasteiger partial charge in [-0.2, -0.15) is 0 Å². The average molecular weight is 228 g/mol. The van der Waals surface area contributed by atoms with Gasteiger partial charge in [-0.25, -0.2) is 0 Å². The Balaban J connectivity index is 3.14. The third-order valence-electron chi connectivity index (χ3n) is 1.43. The Morgan fingerprint density at radius 2 is 2.14 bits per heavy atom. The van der Waals surface area contributed by atoms with E-state index in [1.54, 1.807) is 0 Å². The first kappa shape index (κ1) is 7.95. The Bertz CT molecular complexity index is 45.3. The average Bonchev–Trinajstić information content (AvgIpc) is 1.65. The predicted molar refractivity (Wildman–Crippen MR) is 47.2 cm³/mol. The van der Waals surface area contributed by atoms with Crippen LogP contribution in [0.5, 0.6) is 0 Å². The Morgan fingerprint density at radius 3 is 2.14 bits per heavy atom. The molecular formula is C5H13ISi. The minimum absolute atomic E-state index is 0.951. The van der Waals surface area contributed by atoms with Crippen molar-refractivity contribution in [2.75, 3.05) is 0 Å². The molecule has 0 fully saturated rings. The van der Waals surface area contributed by atoms with Gasteiger partial charge in [0.2, 0.25) is 0 Å². The number of rotatable bonds is 2. The second-order valence-corrected chi connectivity index (χ2v) is 7.62. The second-order valence-electron chi connectivity index (χ2n) is 2.06. The Hall–Kier alpha value is 0.947. The van der Waals surface area contributed by atoms with Crippen LogP contribution in [-0.2, 0) is 0 Å². The van der Waals surface area contributed by atoms with Crippen LogP contribution >= 0.6 is 22.6 Å². The molecule has 0 saturated heterocycles. The molecule has 0 rings (SSSR count). The van der Waals surface area contributed by atoms with Crippen LogP contribution < -0.4 is 0 Å². The highest BCUT2D eigenvalue weighted by atomic mass is 127. The van der Waals surface area contributed by atoms with E-state index in [0.717, 1.165) is 9.47 Å². The molecule has 7 heavy (non-hydrogen) atoms. The molecular weight excluding hydrogens is 215 g/mol. The molecule has 0 nitrogen and oxygen atoms in total. The largest absolute Gasteiger partial charge is 0.0869 e. The summed E-state index contributed by atoms with van der Waals surface area (Å²) in [5.74, 6) is 0.951. The highest BCUT2D eigenvalue weighted by Gasteiger charge is 2.03. The third-order valence-corrected chi connectivity index (χ3v) is 3.79. The maximum absolute atomic E-state index is 2.53. The van der Waals surface area contributed by atoms with Crippen molar-refractivity contribution in [1.82, 2.24) is 0 Å². The molecule has 0 amide bonds. The van der Waals surface area contributed by atoms with Crippen molar-refractivity contribution in [3.8, 4) is 0 Å². The molecule has 0 aliphatic rings. The van der Waals surface area contributed by atoms with E-state index in [4.69, 9.17) is 0 Å². The predicted octanol–water partition coefficient (Wildman–Crippen LogP) is 1.16. The highest BCUT2D eigenvalue weighted by molar-refractivity contribution is 14.1. The van der Waals surface area contributed by atoms with Crippen LogP contribution in [0.25, 0.3) is 0 Å². The molecule has 0 bridgehead atoms. The van der Waals surface area contributed by atoms with Gasteiger partial charge in [0, 0.05) is 10.2 Å². The van der Waals surface area contributed by atoms with E-state index >= 15 is 0 Å². The van der Waals surface area contributed by atoms with Gasteiger partial charge < -0.3 is 0 Å². The summed E-state index contributed by atoms with van der Waals surface area (Å²) in [5, 5.41) is 0. The fourth-order valence-corrected chi connectivity index (χ4v) is 1.30. The maximum atomic E-state index is 2.53. The van der Waals surface area contributed by atoms with Crippen molar-refractivity contribution in [3.63, 3.8) is 0 Å². The molecule has 0 aliphatic heterocycles. The van der Waals surface area contributed by atoms with E-state index < -0.39 is 0 Å². The lowest BCUT2D eigenvalue weighted by atomic mass is 10.2. The summed E-state index contributed by atoms with van der Waals surface area (Å²) in [6.07, 6.45) is 1.34. The zero-order chi connectivity index (χ0) is 5.86. The molecule has 44 valence electrons. The maximum Gasteiger partial charge on any atom is 0.0194 e. The molecule has 0 N–H and O–H groups in total. The van der Waals surface area contributed by atoms with Gasteiger partial charge in [0.15, 0.2) is 0 Å². The van der Waals surface area contributed by atoms with E-state index in [9.17, 15) is 0 Å². The molecule has 0 aromatic heterocycles. The Labute approximate surface area is 62.6 Å². The van der Waals surface area contributed by atoms with E-state index in [0.29, 0.717) is 0 Å². The van der Waals surface area contributed by atoms with E-state index in [-0.39, 0.29) is 0 Å². The van der Waals surface area contributed by atoms with Gasteiger partial charge in [-0.3, -0.25) is 0 Å². The van der Waals surface area contributed by atoms with E-state index in [1.807, 2.05) is 0 Å². The van der Waals surface area contributed by atoms with Gasteiger partial charge >= 0.3 is 0 Å². The molecule has 0 aliphatic carbocycles. The van der Waals surface area contributed by atoms with Crippen LogP contribution in [0.4, 0.5) is 0 Å². The molecule has 2 heteroatoms. The molecule has 2 atom stereocenters. The standard InChI is InChI=1S/C5H13ISi/c1-3-4(2)5(6)7/h4-5H,3H2,1-2,7H3. The van der Waals surface area contributed by atoms with E-state index in [1.165, 1.54) is 16.7 Å². The van der Waals surface area contributed by atoms with Gasteiger partial charge in [0.05, 0.1) is 0 Å². The van der Waals surface area contributed by atoms with Crippen molar-refractivity contribution in [1.29, 1.82) is 0 Å². The van der Waals surface area contributed by atoms with Crippen molar-refractivity contribution in [3.05, 3.63) is 0 Å². The molecule has 2 unspecified atom stereocenters. The molecule has 0 aromatic carbocycles. The summed E-state index contributed by atoms with van der Waals surface area (Å²) < 4.78 is 0.975. The molecule has 0 saturated carbocycles. The van der Waals surface area contributed by atoms with E-state index in [2.05, 4.69) is 36.4 Å². The first-order chi connectivity index (χ1) is 3.18. The fraction of sp³-hybridized carbons (Fsp3) is 1.00. The summed E-state index contributed by atoms with van der Waals surface area (Å²) in [7, 11) is 1.35. The molecule has 0 aromatic rings. The van der Waals surface area contributed by atoms with Gasteiger partial charge in [0.25, 0.3) is 0 Å². The van der Waals surface area contributed by atoms with Crippen LogP contribution in [-0.4, -0.2) is 13.8 Å². The van der Waals surface area contributed by atoms with Crippen LogP contribution in [0.1, 0.15) is 20.3 Å². The lowest BCUT2D eigenvalue weighted by molar-refractivity contribution is 0.621. The second kappa shape index (κ2) is 3.89. The lowest BCUT2D eigenvalue weighted by Crippen LogP contribution is -2.07. The van der Waals surface area contributed by atoms with Crippen molar-refractivity contribution < 1.29 is 0 Å². The quantitative estimate of drug-likeness (QED) is 0.378. The Kier molecular flexibility index (Phi) is 4.42. The highest BCUT2D eigenvalue weighted by Crippen LogP contribution is 2.11. The molecule has 0 spiro atoms. The number of halogens is 1. The van der Waals surface area contributed by atoms with Crippen LogP contribution in [0.15, 0.2) is 0 Å². The van der Waals surface area contributed by atoms with Gasteiger partial charge in [-0.15, -0.1) is 0 Å². The van der Waals surface area contributed by atoms with Gasteiger partial charge in [-0.1, -0.05) is 42.9 Å². The SMILES string of the molecule is CCC(C)C([SiH3])I. The topological polar surface area (TPSA) is 0 Å². The zero-order valence-electron chi connectivity index (χ0n) is 5.24. The van der Waals surface area contributed by atoms with Crippen molar-refractivity contribution in [2.24, 2.45) is 5.92 Å². The summed E-state index contributed by atoms with van der Waals surface area (Å²) >= 11 is 2.53. The first-order valence-electron chi connectivity index (χ1n) is 2.82. The minimum atomic E-state index is 0.951.